The minimum absolute atomic E-state index is 0.150. The van der Waals surface area contributed by atoms with Crippen LogP contribution in [0, 0.1) is 0 Å². The van der Waals surface area contributed by atoms with Crippen LogP contribution in [-0.2, 0) is 51.3 Å². The number of rotatable bonds is 14. The first-order valence-corrected chi connectivity index (χ1v) is 20.1. The zero-order valence-electron chi connectivity index (χ0n) is 33.9. The van der Waals surface area contributed by atoms with E-state index in [4.69, 9.17) is 28.4 Å². The number of carbonyl (C=O) groups excluding carboxylic acids is 6. The highest BCUT2D eigenvalue weighted by Gasteiger charge is 2.53. The second kappa shape index (κ2) is 17.4. The van der Waals surface area contributed by atoms with Gasteiger partial charge in [0, 0.05) is 103 Å². The maximum absolute atomic E-state index is 13.0. The highest BCUT2D eigenvalue weighted by molar-refractivity contribution is 5.75. The molecule has 4 heterocycles. The predicted octanol–water partition coefficient (Wildman–Crippen LogP) is 5.62. The van der Waals surface area contributed by atoms with E-state index >= 15 is 0 Å². The van der Waals surface area contributed by atoms with Crippen molar-refractivity contribution in [3.63, 3.8) is 0 Å². The van der Waals surface area contributed by atoms with Crippen LogP contribution in [0.3, 0.4) is 0 Å². The molecule has 308 valence electrons. The first kappa shape index (κ1) is 41.8. The predicted molar refractivity (Wildman–Crippen MR) is 204 cm³/mol. The van der Waals surface area contributed by atoms with Crippen molar-refractivity contribution in [3.8, 4) is 23.0 Å². The number of fused-ring (bicyclic) bond motifs is 4. The Morgan fingerprint density at radius 1 is 0.509 bits per heavy atom. The standard InChI is InChI=1S/C43H56N2O12/c1-26(46)52-38-16-10-30(18-40(38)54-28(3)48)24-44(5)32-12-13-33(44)21-36(20-32)56-42(50)8-7-9-43(51)57-37-22-34-14-15-35(23-37)45(34,6)25-31-11-17-39(53-27(2)47)41(19-31)55-29(4)49/h10-11,16-19,32-37H,7-9,12-15,20-25H2,1-6H3/q+2/t32-,33+,34-,35+,36?,37?,44?,45?. The van der Waals surface area contributed by atoms with Crippen LogP contribution >= 0.6 is 0 Å². The molecule has 0 N–H and O–H groups in total. The van der Waals surface area contributed by atoms with Gasteiger partial charge >= 0.3 is 35.8 Å². The van der Waals surface area contributed by atoms with Gasteiger partial charge in [-0.15, -0.1) is 0 Å². The molecule has 14 nitrogen and oxygen atoms in total. The van der Waals surface area contributed by atoms with E-state index in [1.54, 1.807) is 24.3 Å². The topological polar surface area (TPSA) is 158 Å². The lowest BCUT2D eigenvalue weighted by Crippen LogP contribution is -2.58. The summed E-state index contributed by atoms with van der Waals surface area (Å²) in [5.74, 6) is -1.76. The van der Waals surface area contributed by atoms with E-state index in [-0.39, 0.29) is 60.0 Å². The second-order valence-electron chi connectivity index (χ2n) is 16.7. The van der Waals surface area contributed by atoms with Crippen molar-refractivity contribution in [3.05, 3.63) is 47.5 Å². The number of hydrogen-bond acceptors (Lipinski definition) is 12. The number of benzene rings is 2. The van der Waals surface area contributed by atoms with Crippen LogP contribution in [-0.4, -0.2) is 95.3 Å². The molecule has 4 aliphatic heterocycles. The van der Waals surface area contributed by atoms with Crippen molar-refractivity contribution in [2.24, 2.45) is 0 Å². The minimum atomic E-state index is -0.501. The van der Waals surface area contributed by atoms with E-state index in [0.717, 1.165) is 71.5 Å². The molecule has 0 amide bonds. The number of hydrogen-bond donors (Lipinski definition) is 0. The van der Waals surface area contributed by atoms with Gasteiger partial charge in [-0.1, -0.05) is 0 Å². The van der Waals surface area contributed by atoms with Crippen LogP contribution in [0.25, 0.3) is 0 Å². The summed E-state index contributed by atoms with van der Waals surface area (Å²) in [5.41, 5.74) is 1.91. The first-order valence-electron chi connectivity index (χ1n) is 20.1. The van der Waals surface area contributed by atoms with Gasteiger partial charge in [-0.2, -0.15) is 0 Å². The van der Waals surface area contributed by atoms with Crippen molar-refractivity contribution in [2.75, 3.05) is 14.1 Å². The maximum Gasteiger partial charge on any atom is 0.308 e. The second-order valence-corrected chi connectivity index (χ2v) is 16.7. The van der Waals surface area contributed by atoms with E-state index < -0.39 is 23.9 Å². The van der Waals surface area contributed by atoms with E-state index in [0.29, 0.717) is 43.7 Å². The quantitative estimate of drug-likeness (QED) is 0.132. The highest BCUT2D eigenvalue weighted by atomic mass is 16.6. The molecule has 4 fully saturated rings. The molecular weight excluding hydrogens is 736 g/mol. The summed E-state index contributed by atoms with van der Waals surface area (Å²) in [5, 5.41) is 0. The van der Waals surface area contributed by atoms with Crippen molar-refractivity contribution in [1.82, 2.24) is 0 Å². The van der Waals surface area contributed by atoms with Crippen molar-refractivity contribution in [2.45, 2.75) is 148 Å². The molecule has 0 aliphatic carbocycles. The van der Waals surface area contributed by atoms with Gasteiger partial charge in [-0.25, -0.2) is 0 Å². The number of nitrogens with zero attached hydrogens (tertiary/aromatic N) is 2. The third kappa shape index (κ3) is 10.0. The van der Waals surface area contributed by atoms with Crippen LogP contribution in [0.1, 0.15) is 109 Å². The molecule has 0 saturated carbocycles. The van der Waals surface area contributed by atoms with Crippen LogP contribution in [0.2, 0.25) is 0 Å². The normalized spacial score (nSPS) is 28.5. The number of ether oxygens (including phenoxy) is 6. The molecule has 4 unspecified atom stereocenters. The van der Waals surface area contributed by atoms with Gasteiger partial charge in [0.25, 0.3) is 0 Å². The van der Waals surface area contributed by atoms with Gasteiger partial charge in [-0.05, 0) is 42.8 Å². The van der Waals surface area contributed by atoms with Gasteiger partial charge in [0.1, 0.15) is 25.3 Å². The average molecular weight is 793 g/mol. The summed E-state index contributed by atoms with van der Waals surface area (Å²) in [6.07, 6.45) is 7.37. The molecule has 2 aromatic carbocycles. The molecule has 0 spiro atoms. The Balaban J connectivity index is 0.946. The number of quaternary nitrogens is 2. The summed E-state index contributed by atoms with van der Waals surface area (Å²) in [6.45, 7) is 6.58. The summed E-state index contributed by atoms with van der Waals surface area (Å²) in [4.78, 5) is 72.5. The molecule has 6 rings (SSSR count). The Morgan fingerprint density at radius 3 is 1.14 bits per heavy atom. The molecule has 2 aromatic rings. The lowest BCUT2D eigenvalue weighted by molar-refractivity contribution is -0.961. The fourth-order valence-corrected chi connectivity index (χ4v) is 10.00. The molecule has 0 radical (unpaired) electrons. The molecule has 4 aliphatic rings. The molecule has 4 bridgehead atoms. The third-order valence-corrected chi connectivity index (χ3v) is 12.6. The fourth-order valence-electron chi connectivity index (χ4n) is 10.00. The molecule has 8 atom stereocenters. The molecular formula is C43H56N2O12+2. The SMILES string of the molecule is CC(=O)Oc1ccc(C[N+]2(C)[C@@H]3CC[C@H]2CC(OC(=O)CCCC(=O)OC2C[C@H]4CC[C@@H](C2)[N+]4(C)Cc2ccc(OC(C)=O)c(OC(C)=O)c2)C3)cc1OC(C)=O. The smallest absolute Gasteiger partial charge is 0.308 e. The number of piperidine rings is 2. The van der Waals surface area contributed by atoms with Crippen LogP contribution < -0.4 is 18.9 Å². The van der Waals surface area contributed by atoms with Crippen molar-refractivity contribution in [1.29, 1.82) is 0 Å². The molecule has 57 heavy (non-hydrogen) atoms. The van der Waals surface area contributed by atoms with Gasteiger partial charge in [0.15, 0.2) is 23.0 Å². The monoisotopic (exact) mass is 792 g/mol. The summed E-state index contributed by atoms with van der Waals surface area (Å²) >= 11 is 0. The minimum Gasteiger partial charge on any atom is -0.462 e. The van der Waals surface area contributed by atoms with Gasteiger partial charge in [0.2, 0.25) is 0 Å². The lowest BCUT2D eigenvalue weighted by atomic mass is 9.95. The Kier molecular flexibility index (Phi) is 12.7. The summed E-state index contributed by atoms with van der Waals surface area (Å²) in [6, 6.07) is 11.8. The first-order chi connectivity index (χ1) is 27.0. The number of carbonyl (C=O) groups is 6. The summed E-state index contributed by atoms with van der Waals surface area (Å²) in [7, 11) is 4.45. The largest absolute Gasteiger partial charge is 0.462 e. The van der Waals surface area contributed by atoms with E-state index in [9.17, 15) is 28.8 Å². The van der Waals surface area contributed by atoms with Crippen LogP contribution in [0.4, 0.5) is 0 Å². The Labute approximate surface area is 333 Å². The fraction of sp³-hybridized carbons (Fsp3) is 0.581. The molecule has 14 heteroatoms. The van der Waals surface area contributed by atoms with Crippen LogP contribution in [0.15, 0.2) is 36.4 Å². The van der Waals surface area contributed by atoms with Crippen molar-refractivity contribution >= 4 is 35.8 Å². The number of esters is 6. The average Bonchev–Trinajstić information content (AvgIpc) is 3.34. The van der Waals surface area contributed by atoms with E-state index in [1.165, 1.54) is 27.7 Å². The highest BCUT2D eigenvalue weighted by Crippen LogP contribution is 2.46. The van der Waals surface area contributed by atoms with E-state index in [1.807, 2.05) is 12.1 Å². The molecule has 0 aromatic heterocycles. The van der Waals surface area contributed by atoms with Crippen LogP contribution in [0.5, 0.6) is 23.0 Å². The van der Waals surface area contributed by atoms with Gasteiger partial charge in [-0.3, -0.25) is 28.8 Å². The lowest BCUT2D eigenvalue weighted by Gasteiger charge is -2.47. The zero-order chi connectivity index (χ0) is 41.1. The maximum atomic E-state index is 13.0. The third-order valence-electron chi connectivity index (χ3n) is 12.6. The van der Waals surface area contributed by atoms with Gasteiger partial charge < -0.3 is 37.4 Å². The molecule has 4 saturated heterocycles. The van der Waals surface area contributed by atoms with Crippen molar-refractivity contribution < 1.29 is 66.2 Å². The van der Waals surface area contributed by atoms with E-state index in [2.05, 4.69) is 14.1 Å². The van der Waals surface area contributed by atoms with Gasteiger partial charge in [0.05, 0.1) is 38.3 Å². The summed E-state index contributed by atoms with van der Waals surface area (Å²) < 4.78 is 34.7. The Hall–Kier alpha value is -4.82. The Bertz CT molecular complexity index is 1730. The Morgan fingerprint density at radius 2 is 0.825 bits per heavy atom. The zero-order valence-corrected chi connectivity index (χ0v) is 33.9.